The maximum Gasteiger partial charge on any atom is 0.407 e. The van der Waals surface area contributed by atoms with E-state index >= 15 is 0 Å². The Labute approximate surface area is 262 Å². The average molecular weight is 610 g/mol. The summed E-state index contributed by atoms with van der Waals surface area (Å²) in [5.41, 5.74) is 2.91. The molecule has 2 aliphatic carbocycles. The molecule has 3 fully saturated rings. The van der Waals surface area contributed by atoms with Crippen LogP contribution in [-0.2, 0) is 19.1 Å². The normalized spacial score (nSPS) is 23.1. The summed E-state index contributed by atoms with van der Waals surface area (Å²) in [6, 6.07) is 6.08. The molecule has 1 heterocycles. The van der Waals surface area contributed by atoms with Gasteiger partial charge in [-0.05, 0) is 128 Å². The minimum atomic E-state index is -0.615. The van der Waals surface area contributed by atoms with Crippen LogP contribution in [0.5, 0.6) is 0 Å². The van der Waals surface area contributed by atoms with E-state index in [2.05, 4.69) is 17.6 Å². The van der Waals surface area contributed by atoms with Crippen molar-refractivity contribution in [1.82, 2.24) is 10.2 Å². The van der Waals surface area contributed by atoms with Gasteiger partial charge in [-0.3, -0.25) is 9.59 Å². The molecule has 3 amide bonds. The number of alkyl carbamates (subject to hydrolysis) is 1. The summed E-state index contributed by atoms with van der Waals surface area (Å²) in [7, 11) is 0. The second kappa shape index (κ2) is 15.1. The maximum atomic E-state index is 14.0. The molecule has 0 spiro atoms. The fraction of sp³-hybridized carbons (Fsp3) is 0.657. The summed E-state index contributed by atoms with van der Waals surface area (Å²) in [5.74, 6) is -0.398. The van der Waals surface area contributed by atoms with Gasteiger partial charge in [-0.2, -0.15) is 0 Å². The molecule has 9 heteroatoms. The Kier molecular flexibility index (Phi) is 11.5. The lowest BCUT2D eigenvalue weighted by Crippen LogP contribution is -2.48. The summed E-state index contributed by atoms with van der Waals surface area (Å²) in [4.78, 5) is 54.2. The van der Waals surface area contributed by atoms with Crippen molar-refractivity contribution >= 4 is 29.6 Å². The molecule has 0 radical (unpaired) electrons. The summed E-state index contributed by atoms with van der Waals surface area (Å²) in [5, 5.41) is 6.09. The monoisotopic (exact) mass is 609 g/mol. The molecule has 1 unspecified atom stereocenters. The van der Waals surface area contributed by atoms with Crippen LogP contribution in [0.4, 0.5) is 10.5 Å². The van der Waals surface area contributed by atoms with Crippen LogP contribution in [0.2, 0.25) is 0 Å². The molecule has 0 aromatic heterocycles. The number of anilines is 1. The number of allylic oxidation sites excluding steroid dienone is 1. The third-order valence-electron chi connectivity index (χ3n) is 9.20. The van der Waals surface area contributed by atoms with Crippen LogP contribution in [0, 0.1) is 11.8 Å². The van der Waals surface area contributed by atoms with E-state index in [-0.39, 0.29) is 29.7 Å². The van der Waals surface area contributed by atoms with Crippen molar-refractivity contribution < 1.29 is 28.7 Å². The van der Waals surface area contributed by atoms with Crippen molar-refractivity contribution in [3.05, 3.63) is 41.0 Å². The van der Waals surface area contributed by atoms with E-state index in [9.17, 15) is 19.2 Å². The maximum absolute atomic E-state index is 14.0. The lowest BCUT2D eigenvalue weighted by atomic mass is 9.77. The van der Waals surface area contributed by atoms with E-state index in [0.717, 1.165) is 69.8 Å². The van der Waals surface area contributed by atoms with Crippen LogP contribution in [0.3, 0.4) is 0 Å². The number of amides is 3. The molecule has 44 heavy (non-hydrogen) atoms. The van der Waals surface area contributed by atoms with E-state index in [1.54, 1.807) is 31.2 Å². The van der Waals surface area contributed by atoms with E-state index in [1.165, 1.54) is 12.0 Å². The number of nitrogens with zero attached hydrogens (tertiary/aromatic N) is 1. The van der Waals surface area contributed by atoms with Crippen molar-refractivity contribution in [2.24, 2.45) is 11.8 Å². The number of esters is 1. The van der Waals surface area contributed by atoms with Gasteiger partial charge in [0, 0.05) is 24.2 Å². The van der Waals surface area contributed by atoms with Gasteiger partial charge in [-0.15, -0.1) is 0 Å². The van der Waals surface area contributed by atoms with Gasteiger partial charge < -0.3 is 25.0 Å². The van der Waals surface area contributed by atoms with Crippen molar-refractivity contribution in [3.8, 4) is 0 Å². The summed E-state index contributed by atoms with van der Waals surface area (Å²) in [6.07, 6.45) is 9.72. The van der Waals surface area contributed by atoms with Gasteiger partial charge in [-0.25, -0.2) is 9.59 Å². The Balaban J connectivity index is 1.44. The van der Waals surface area contributed by atoms with Crippen molar-refractivity contribution in [3.63, 3.8) is 0 Å². The highest BCUT2D eigenvalue weighted by atomic mass is 16.6. The first-order valence-electron chi connectivity index (χ1n) is 16.6. The number of carbonyl (C=O) groups is 4. The minimum Gasteiger partial charge on any atom is -0.462 e. The van der Waals surface area contributed by atoms with Crippen molar-refractivity contribution in [2.45, 2.75) is 123 Å². The first-order valence-corrected chi connectivity index (χ1v) is 16.6. The quantitative estimate of drug-likeness (QED) is 0.248. The van der Waals surface area contributed by atoms with Gasteiger partial charge in [-0.1, -0.05) is 18.9 Å². The Bertz CT molecular complexity index is 1200. The van der Waals surface area contributed by atoms with Crippen LogP contribution in [0.25, 0.3) is 0 Å². The summed E-state index contributed by atoms with van der Waals surface area (Å²) in [6.45, 7) is 10.2. The molecule has 1 aromatic carbocycles. The topological polar surface area (TPSA) is 114 Å². The molecule has 2 atom stereocenters. The molecule has 2 N–H and O–H groups in total. The lowest BCUT2D eigenvalue weighted by Gasteiger charge is -2.36. The second-order valence-corrected chi connectivity index (χ2v) is 13.4. The smallest absolute Gasteiger partial charge is 0.407 e. The average Bonchev–Trinajstić information content (AvgIpc) is 3.45. The van der Waals surface area contributed by atoms with Crippen LogP contribution in [0.1, 0.15) is 116 Å². The lowest BCUT2D eigenvalue weighted by molar-refractivity contribution is -0.140. The minimum absolute atomic E-state index is 0.00377. The van der Waals surface area contributed by atoms with Gasteiger partial charge in [0.05, 0.1) is 12.2 Å². The molecule has 1 aliphatic heterocycles. The number of likely N-dealkylation sites (tertiary alicyclic amines) is 1. The van der Waals surface area contributed by atoms with E-state index < -0.39 is 23.7 Å². The van der Waals surface area contributed by atoms with Crippen molar-refractivity contribution in [2.75, 3.05) is 18.5 Å². The Morgan fingerprint density at radius 1 is 0.932 bits per heavy atom. The zero-order valence-electron chi connectivity index (χ0n) is 27.2. The zero-order valence-corrected chi connectivity index (χ0v) is 27.2. The zero-order chi connectivity index (χ0) is 31.9. The molecule has 0 bridgehead atoms. The van der Waals surface area contributed by atoms with Gasteiger partial charge in [0.1, 0.15) is 11.6 Å². The Hall–Kier alpha value is -3.36. The molecule has 2 saturated carbocycles. The SMILES string of the molecule is CCOC(=O)c1ccc(NC(=O)[C@@H]2C(=C3CCCCC3)CCN2C(=O)C2CCC(C(CC)NC(=O)OC(C)(C)C)CC2)cc1. The van der Waals surface area contributed by atoms with Gasteiger partial charge in [0.2, 0.25) is 5.91 Å². The van der Waals surface area contributed by atoms with Crippen LogP contribution in [-0.4, -0.2) is 59.6 Å². The molecule has 1 aromatic rings. The van der Waals surface area contributed by atoms with Crippen LogP contribution >= 0.6 is 0 Å². The Morgan fingerprint density at radius 3 is 2.18 bits per heavy atom. The molecule has 9 nitrogen and oxygen atoms in total. The van der Waals surface area contributed by atoms with Gasteiger partial charge >= 0.3 is 12.1 Å². The van der Waals surface area contributed by atoms with Gasteiger partial charge in [0.15, 0.2) is 0 Å². The molecular formula is C35H51N3O6. The van der Waals surface area contributed by atoms with Gasteiger partial charge in [0.25, 0.3) is 5.91 Å². The van der Waals surface area contributed by atoms with Crippen LogP contribution in [0.15, 0.2) is 35.4 Å². The number of hydrogen-bond acceptors (Lipinski definition) is 6. The van der Waals surface area contributed by atoms with Crippen molar-refractivity contribution in [1.29, 1.82) is 0 Å². The number of rotatable bonds is 8. The molecule has 242 valence electrons. The second-order valence-electron chi connectivity index (χ2n) is 13.4. The molecular weight excluding hydrogens is 558 g/mol. The number of carbonyl (C=O) groups excluding carboxylic acids is 4. The summed E-state index contributed by atoms with van der Waals surface area (Å²) < 4.78 is 10.5. The first kappa shape index (κ1) is 33.5. The fourth-order valence-corrected chi connectivity index (χ4v) is 7.03. The van der Waals surface area contributed by atoms with E-state index in [4.69, 9.17) is 9.47 Å². The number of benzene rings is 1. The Morgan fingerprint density at radius 2 is 1.59 bits per heavy atom. The largest absolute Gasteiger partial charge is 0.462 e. The molecule has 1 saturated heterocycles. The van der Waals surface area contributed by atoms with E-state index in [1.807, 2.05) is 25.7 Å². The first-order chi connectivity index (χ1) is 21.0. The standard InChI is InChI=1S/C35H51N3O6/c1-6-29(37-34(42)44-35(3,4)5)24-13-15-25(16-14-24)32(40)38-22-21-28(23-11-9-8-10-12-23)30(38)31(39)36-27-19-17-26(18-20-27)33(41)43-7-2/h17-20,24-25,29-30H,6-16,21-22H2,1-5H3,(H,36,39)(H,37,42)/t24?,25?,29?,30-/m0/s1. The van der Waals surface area contributed by atoms with E-state index in [0.29, 0.717) is 24.4 Å². The highest BCUT2D eigenvalue weighted by Gasteiger charge is 2.42. The highest BCUT2D eigenvalue weighted by Crippen LogP contribution is 2.38. The predicted octanol–water partition coefficient (Wildman–Crippen LogP) is 6.77. The molecule has 3 aliphatic rings. The predicted molar refractivity (Wildman–Crippen MR) is 170 cm³/mol. The third-order valence-corrected chi connectivity index (χ3v) is 9.20. The fourth-order valence-electron chi connectivity index (χ4n) is 7.03. The number of hydrogen-bond donors (Lipinski definition) is 2. The highest BCUT2D eigenvalue weighted by molar-refractivity contribution is 6.00. The third kappa shape index (κ3) is 8.63. The number of nitrogens with one attached hydrogen (secondary N) is 2. The molecule has 4 rings (SSSR count). The summed E-state index contributed by atoms with van der Waals surface area (Å²) >= 11 is 0. The van der Waals surface area contributed by atoms with Crippen LogP contribution < -0.4 is 10.6 Å². The number of ether oxygens (including phenoxy) is 2.